The summed E-state index contributed by atoms with van der Waals surface area (Å²) in [7, 11) is 1.34. The number of carbonyl (C=O) groups excluding carboxylic acids is 1. The van der Waals surface area contributed by atoms with Crippen LogP contribution in [0, 0.1) is 0 Å². The lowest BCUT2D eigenvalue weighted by molar-refractivity contribution is 0.0585. The summed E-state index contributed by atoms with van der Waals surface area (Å²) in [5.74, 6) is -0.154. The maximum absolute atomic E-state index is 12.8. The van der Waals surface area contributed by atoms with Gasteiger partial charge in [-0.25, -0.2) is 19.0 Å². The van der Waals surface area contributed by atoms with Crippen molar-refractivity contribution in [2.24, 2.45) is 0 Å². The summed E-state index contributed by atoms with van der Waals surface area (Å²) in [6.45, 7) is 0.289. The molecule has 1 aliphatic rings. The summed E-state index contributed by atoms with van der Waals surface area (Å²) in [5.41, 5.74) is 3.40. The Bertz CT molecular complexity index is 1490. The van der Waals surface area contributed by atoms with Crippen molar-refractivity contribution in [1.82, 2.24) is 29.6 Å². The van der Waals surface area contributed by atoms with Gasteiger partial charge < -0.3 is 9.47 Å². The van der Waals surface area contributed by atoms with Crippen LogP contribution in [-0.4, -0.2) is 42.7 Å². The highest BCUT2D eigenvalue weighted by Gasteiger charge is 2.26. The van der Waals surface area contributed by atoms with Gasteiger partial charge in [0.15, 0.2) is 17.1 Å². The van der Waals surface area contributed by atoms with Crippen LogP contribution < -0.4 is 4.74 Å². The first-order valence-electron chi connectivity index (χ1n) is 10.7. The zero-order chi connectivity index (χ0) is 22.4. The van der Waals surface area contributed by atoms with Crippen molar-refractivity contribution in [3.8, 4) is 17.0 Å². The number of carbonyl (C=O) groups is 1. The fraction of sp³-hybridized carbons (Fsp3) is 0.208. The number of benzene rings is 2. The van der Waals surface area contributed by atoms with Crippen LogP contribution in [0.25, 0.3) is 27.7 Å². The predicted molar refractivity (Wildman–Crippen MR) is 120 cm³/mol. The van der Waals surface area contributed by atoms with Crippen LogP contribution in [0.5, 0.6) is 5.75 Å². The maximum atomic E-state index is 12.8. The fourth-order valence-corrected chi connectivity index (χ4v) is 3.98. The Labute approximate surface area is 188 Å². The third-order valence-electron chi connectivity index (χ3n) is 5.81. The molecule has 9 heteroatoms. The molecule has 9 nitrogen and oxygen atoms in total. The largest absolute Gasteiger partial charge is 0.486 e. The van der Waals surface area contributed by atoms with Crippen LogP contribution in [-0.2, 0) is 11.3 Å². The minimum Gasteiger partial charge on any atom is -0.486 e. The molecule has 0 atom stereocenters. The normalized spacial score (nSPS) is 13.5. The van der Waals surface area contributed by atoms with E-state index in [2.05, 4.69) is 20.4 Å². The summed E-state index contributed by atoms with van der Waals surface area (Å²) in [6.07, 6.45) is 5.66. The van der Waals surface area contributed by atoms with Crippen molar-refractivity contribution in [3.05, 3.63) is 72.3 Å². The molecule has 5 aromatic rings. The maximum Gasteiger partial charge on any atom is 0.360 e. The number of aromatic nitrogens is 6. The zero-order valence-electron chi connectivity index (χ0n) is 17.9. The number of esters is 1. The first kappa shape index (κ1) is 19.4. The minimum absolute atomic E-state index is 0.195. The van der Waals surface area contributed by atoms with Gasteiger partial charge in [0.2, 0.25) is 0 Å². The molecule has 1 aliphatic carbocycles. The first-order chi connectivity index (χ1) is 16.2. The molecule has 2 aromatic carbocycles. The number of nitrogens with zero attached hydrogens (tertiary/aromatic N) is 6. The predicted octanol–water partition coefficient (Wildman–Crippen LogP) is 3.84. The summed E-state index contributed by atoms with van der Waals surface area (Å²) in [6, 6.07) is 16.1. The van der Waals surface area contributed by atoms with Crippen molar-refractivity contribution in [2.75, 3.05) is 7.11 Å². The Morgan fingerprint density at radius 2 is 1.97 bits per heavy atom. The van der Waals surface area contributed by atoms with Crippen molar-refractivity contribution in [3.63, 3.8) is 0 Å². The van der Waals surface area contributed by atoms with Crippen LogP contribution in [0.3, 0.4) is 0 Å². The van der Waals surface area contributed by atoms with Crippen LogP contribution in [0.2, 0.25) is 0 Å². The number of ether oxygens (including phenoxy) is 2. The minimum atomic E-state index is -0.549. The van der Waals surface area contributed by atoms with Crippen LogP contribution >= 0.6 is 0 Å². The van der Waals surface area contributed by atoms with Gasteiger partial charge >= 0.3 is 5.97 Å². The van der Waals surface area contributed by atoms with E-state index >= 15 is 0 Å². The molecule has 0 spiro atoms. The third kappa shape index (κ3) is 3.38. The molecule has 0 radical (unpaired) electrons. The van der Waals surface area contributed by atoms with Gasteiger partial charge in [0.1, 0.15) is 18.6 Å². The average Bonchev–Trinajstić information content (AvgIpc) is 3.38. The molecule has 33 heavy (non-hydrogen) atoms. The van der Waals surface area contributed by atoms with E-state index in [0.717, 1.165) is 40.4 Å². The van der Waals surface area contributed by atoms with Gasteiger partial charge in [-0.15, -0.1) is 5.10 Å². The molecule has 0 unspecified atom stereocenters. The SMILES string of the molecule is COC(=O)c1c(OCc2ccccc2)c2ccc(-c3cn(C4CC4)nn3)cc2c2ncnn12. The molecular formula is C24H20N6O3. The molecule has 0 bridgehead atoms. The van der Waals surface area contributed by atoms with Crippen molar-refractivity contribution < 1.29 is 14.3 Å². The highest BCUT2D eigenvalue weighted by molar-refractivity contribution is 6.06. The molecule has 0 N–H and O–H groups in total. The molecular weight excluding hydrogens is 420 g/mol. The molecule has 0 saturated heterocycles. The van der Waals surface area contributed by atoms with E-state index in [4.69, 9.17) is 9.47 Å². The third-order valence-corrected chi connectivity index (χ3v) is 5.81. The second-order valence-electron chi connectivity index (χ2n) is 8.01. The van der Waals surface area contributed by atoms with E-state index in [9.17, 15) is 4.79 Å². The van der Waals surface area contributed by atoms with Gasteiger partial charge in [-0.2, -0.15) is 5.10 Å². The van der Waals surface area contributed by atoms with Gasteiger partial charge in [-0.05, 0) is 30.5 Å². The average molecular weight is 440 g/mol. The van der Waals surface area contributed by atoms with E-state index in [0.29, 0.717) is 17.4 Å². The molecule has 0 amide bonds. The fourth-order valence-electron chi connectivity index (χ4n) is 3.98. The van der Waals surface area contributed by atoms with Gasteiger partial charge in [0.05, 0.1) is 19.3 Å². The smallest absolute Gasteiger partial charge is 0.360 e. The summed E-state index contributed by atoms with van der Waals surface area (Å²) < 4.78 is 14.6. The second-order valence-corrected chi connectivity index (χ2v) is 8.01. The molecule has 6 rings (SSSR count). The van der Waals surface area contributed by atoms with Crippen molar-refractivity contribution in [1.29, 1.82) is 0 Å². The van der Waals surface area contributed by atoms with E-state index in [-0.39, 0.29) is 12.3 Å². The van der Waals surface area contributed by atoms with Crippen LogP contribution in [0.1, 0.15) is 34.9 Å². The van der Waals surface area contributed by atoms with Crippen molar-refractivity contribution >= 4 is 22.4 Å². The second kappa shape index (κ2) is 7.70. The highest BCUT2D eigenvalue weighted by Crippen LogP contribution is 2.37. The Kier molecular flexibility index (Phi) is 4.53. The molecule has 0 aliphatic heterocycles. The standard InChI is InChI=1S/C24H20N6O3/c1-32-24(31)21-22(33-13-15-5-3-2-4-6-15)18-10-7-16(11-19(18)23-25-14-26-30(21)23)20-12-29(28-27-20)17-8-9-17/h2-7,10-12,14,17H,8-9,13H2,1H3. The molecule has 164 valence electrons. The highest BCUT2D eigenvalue weighted by atomic mass is 16.5. The number of rotatable bonds is 6. The lowest BCUT2D eigenvalue weighted by Crippen LogP contribution is -2.13. The van der Waals surface area contributed by atoms with E-state index in [1.54, 1.807) is 0 Å². The summed E-state index contributed by atoms with van der Waals surface area (Å²) >= 11 is 0. The lowest BCUT2D eigenvalue weighted by atomic mass is 10.0. The molecule has 3 aromatic heterocycles. The van der Waals surface area contributed by atoms with Crippen molar-refractivity contribution in [2.45, 2.75) is 25.5 Å². The molecule has 1 fully saturated rings. The topological polar surface area (TPSA) is 96.4 Å². The monoisotopic (exact) mass is 440 g/mol. The molecule has 1 saturated carbocycles. The van der Waals surface area contributed by atoms with E-state index < -0.39 is 5.97 Å². The van der Waals surface area contributed by atoms with Gasteiger partial charge in [-0.3, -0.25) is 0 Å². The van der Waals surface area contributed by atoms with Gasteiger partial charge in [0.25, 0.3) is 0 Å². The Morgan fingerprint density at radius 1 is 1.12 bits per heavy atom. The lowest BCUT2D eigenvalue weighted by Gasteiger charge is -2.15. The summed E-state index contributed by atoms with van der Waals surface area (Å²) in [5, 5.41) is 14.4. The molecule has 3 heterocycles. The number of hydrogen-bond acceptors (Lipinski definition) is 7. The number of fused-ring (bicyclic) bond motifs is 3. The van der Waals surface area contributed by atoms with E-state index in [1.165, 1.54) is 18.0 Å². The Balaban J connectivity index is 1.52. The Morgan fingerprint density at radius 3 is 2.76 bits per heavy atom. The first-order valence-corrected chi connectivity index (χ1v) is 10.7. The quantitative estimate of drug-likeness (QED) is 0.370. The number of pyridine rings is 1. The van der Waals surface area contributed by atoms with E-state index in [1.807, 2.05) is 59.4 Å². The van der Waals surface area contributed by atoms with Crippen LogP contribution in [0.15, 0.2) is 61.1 Å². The van der Waals surface area contributed by atoms with Gasteiger partial charge in [-0.1, -0.05) is 41.6 Å². The summed E-state index contributed by atoms with van der Waals surface area (Å²) in [4.78, 5) is 17.2. The number of hydrogen-bond donors (Lipinski definition) is 0. The van der Waals surface area contributed by atoms with Gasteiger partial charge in [0, 0.05) is 16.3 Å². The number of methoxy groups -OCH3 is 1. The Hall–Kier alpha value is -4.27. The van der Waals surface area contributed by atoms with Crippen LogP contribution in [0.4, 0.5) is 0 Å². The zero-order valence-corrected chi connectivity index (χ0v) is 17.9.